The fourth-order valence-corrected chi connectivity index (χ4v) is 6.21. The van der Waals surface area contributed by atoms with Crippen LogP contribution in [0, 0.1) is 28.1 Å². The third-order valence-electron chi connectivity index (χ3n) is 7.57. The molecule has 0 amide bonds. The van der Waals surface area contributed by atoms with E-state index in [1.54, 1.807) is 6.08 Å². The van der Waals surface area contributed by atoms with E-state index in [0.717, 1.165) is 38.5 Å². The average molecular weight is 334 g/mol. The van der Waals surface area contributed by atoms with E-state index in [4.69, 9.17) is 4.74 Å². The van der Waals surface area contributed by atoms with Crippen LogP contribution in [-0.2, 0) is 9.53 Å². The maximum atomic E-state index is 12.8. The molecule has 3 rings (SSSR count). The first-order valence-electron chi connectivity index (χ1n) is 9.34. The van der Waals surface area contributed by atoms with Gasteiger partial charge in [0, 0.05) is 0 Å². The first-order chi connectivity index (χ1) is 11.3. The second-order valence-electron chi connectivity index (χ2n) is 9.05. The van der Waals surface area contributed by atoms with E-state index >= 15 is 0 Å². The molecule has 0 aliphatic heterocycles. The molecule has 2 saturated carbocycles. The van der Waals surface area contributed by atoms with Crippen molar-refractivity contribution in [3.8, 4) is 0 Å². The molecule has 134 valence electrons. The van der Waals surface area contributed by atoms with Crippen molar-refractivity contribution in [3.05, 3.63) is 24.1 Å². The van der Waals surface area contributed by atoms with Crippen molar-refractivity contribution >= 4 is 5.97 Å². The van der Waals surface area contributed by atoms with Gasteiger partial charge in [0.15, 0.2) is 0 Å². The molecule has 0 bridgehead atoms. The van der Waals surface area contributed by atoms with Crippen LogP contribution in [0.1, 0.15) is 65.7 Å². The van der Waals surface area contributed by atoms with Crippen LogP contribution >= 0.6 is 0 Å². The molecule has 0 radical (unpaired) electrons. The highest BCUT2D eigenvalue weighted by atomic mass is 19.1. The largest absolute Gasteiger partial charge is 0.469 e. The van der Waals surface area contributed by atoms with Crippen LogP contribution in [0.4, 0.5) is 4.39 Å². The predicted octanol–water partition coefficient (Wildman–Crippen LogP) is 5.59. The Morgan fingerprint density at radius 3 is 2.71 bits per heavy atom. The highest BCUT2D eigenvalue weighted by molar-refractivity contribution is 5.77. The fraction of sp³-hybridized carbons (Fsp3) is 0.762. The smallest absolute Gasteiger partial charge is 0.311 e. The van der Waals surface area contributed by atoms with E-state index < -0.39 is 0 Å². The zero-order valence-electron chi connectivity index (χ0n) is 15.5. The van der Waals surface area contributed by atoms with Gasteiger partial charge in [0.25, 0.3) is 0 Å². The van der Waals surface area contributed by atoms with E-state index in [-0.39, 0.29) is 22.2 Å². The van der Waals surface area contributed by atoms with E-state index in [1.165, 1.54) is 19.1 Å². The predicted molar refractivity (Wildman–Crippen MR) is 94.0 cm³/mol. The molecule has 2 nitrogen and oxygen atoms in total. The summed E-state index contributed by atoms with van der Waals surface area (Å²) in [5, 5.41) is 0. The summed E-state index contributed by atoms with van der Waals surface area (Å²) in [6.45, 7) is 6.66. The number of allylic oxidation sites excluding steroid dienone is 3. The number of hydrogen-bond donors (Lipinski definition) is 0. The Morgan fingerprint density at radius 2 is 2.04 bits per heavy atom. The van der Waals surface area contributed by atoms with Gasteiger partial charge < -0.3 is 4.74 Å². The Kier molecular flexibility index (Phi) is 4.42. The summed E-state index contributed by atoms with van der Waals surface area (Å²) in [5.74, 6) is 0.832. The average Bonchev–Trinajstić information content (AvgIpc) is 2.53. The molecule has 3 aliphatic carbocycles. The molecule has 3 aliphatic rings. The molecular weight excluding hydrogens is 303 g/mol. The molecule has 0 aromatic heterocycles. The van der Waals surface area contributed by atoms with E-state index in [2.05, 4.69) is 26.8 Å². The standard InChI is InChI=1S/C21H31FO2/c1-19(12-13-22)11-8-16-15(14-19)6-7-17-20(16,2)9-5-10-21(17,3)18(23)24-4/h6,12-13,16-17H,5,7-11,14H2,1-4H3/b13-12-/t16-,17+,19+,20+,21+/m0/s1. The lowest BCUT2D eigenvalue weighted by Gasteiger charge is -2.58. The van der Waals surface area contributed by atoms with Gasteiger partial charge in [0.05, 0.1) is 18.9 Å². The summed E-state index contributed by atoms with van der Waals surface area (Å²) in [6, 6.07) is 0. The first-order valence-corrected chi connectivity index (χ1v) is 9.34. The maximum absolute atomic E-state index is 12.8. The van der Waals surface area contributed by atoms with Gasteiger partial charge in [-0.2, -0.15) is 0 Å². The molecule has 0 saturated heterocycles. The minimum Gasteiger partial charge on any atom is -0.469 e. The van der Waals surface area contributed by atoms with Gasteiger partial charge in [-0.25, -0.2) is 4.39 Å². The summed E-state index contributed by atoms with van der Waals surface area (Å²) >= 11 is 0. The van der Waals surface area contributed by atoms with Crippen molar-refractivity contribution in [2.45, 2.75) is 65.7 Å². The molecule has 0 aromatic rings. The van der Waals surface area contributed by atoms with Gasteiger partial charge in [-0.3, -0.25) is 4.79 Å². The highest BCUT2D eigenvalue weighted by Crippen LogP contribution is 2.63. The zero-order chi connectivity index (χ0) is 17.6. The van der Waals surface area contributed by atoms with Gasteiger partial charge in [-0.15, -0.1) is 0 Å². The van der Waals surface area contributed by atoms with Crippen LogP contribution in [0.3, 0.4) is 0 Å². The van der Waals surface area contributed by atoms with Crippen molar-refractivity contribution < 1.29 is 13.9 Å². The second-order valence-corrected chi connectivity index (χ2v) is 9.05. The lowest BCUT2D eigenvalue weighted by molar-refractivity contribution is -0.166. The van der Waals surface area contributed by atoms with Gasteiger partial charge in [0.2, 0.25) is 0 Å². The van der Waals surface area contributed by atoms with E-state index in [1.807, 2.05) is 0 Å². The molecule has 0 spiro atoms. The quantitative estimate of drug-likeness (QED) is 0.486. The second kappa shape index (κ2) is 6.00. The molecular formula is C21H31FO2. The topological polar surface area (TPSA) is 26.3 Å². The van der Waals surface area contributed by atoms with Crippen molar-refractivity contribution in [2.75, 3.05) is 7.11 Å². The molecule has 0 N–H and O–H groups in total. The SMILES string of the molecule is COC(=O)[C@]1(C)CCC[C@@]2(C)[C@H]1CC=C1C[C@@](C)(/C=C\F)CC[C@@H]12. The summed E-state index contributed by atoms with van der Waals surface area (Å²) in [7, 11) is 1.51. The van der Waals surface area contributed by atoms with Crippen LogP contribution in [0.2, 0.25) is 0 Å². The Morgan fingerprint density at radius 1 is 1.29 bits per heavy atom. The molecule has 0 heterocycles. The van der Waals surface area contributed by atoms with E-state index in [9.17, 15) is 9.18 Å². The van der Waals surface area contributed by atoms with Gasteiger partial charge in [-0.05, 0) is 74.2 Å². The number of esters is 1. The normalized spacial score (nSPS) is 45.3. The molecule has 5 atom stereocenters. The van der Waals surface area contributed by atoms with E-state index in [0.29, 0.717) is 18.2 Å². The van der Waals surface area contributed by atoms with Crippen LogP contribution in [0.5, 0.6) is 0 Å². The number of hydrogen-bond acceptors (Lipinski definition) is 2. The lowest BCUT2D eigenvalue weighted by Crippen LogP contribution is -2.54. The fourth-order valence-electron chi connectivity index (χ4n) is 6.21. The summed E-state index contributed by atoms with van der Waals surface area (Å²) in [5.41, 5.74) is 1.23. The minimum atomic E-state index is -0.372. The van der Waals surface area contributed by atoms with Gasteiger partial charge in [0.1, 0.15) is 0 Å². The van der Waals surface area contributed by atoms with Crippen molar-refractivity contribution in [3.63, 3.8) is 0 Å². The Bertz CT molecular complexity index is 580. The number of carbonyl (C=O) groups is 1. The molecule has 0 unspecified atom stereocenters. The Hall–Kier alpha value is -1.12. The number of halogens is 1. The van der Waals surface area contributed by atoms with Crippen LogP contribution in [0.25, 0.3) is 0 Å². The minimum absolute atomic E-state index is 0.0451. The number of carbonyl (C=O) groups excluding carboxylic acids is 1. The van der Waals surface area contributed by atoms with Crippen molar-refractivity contribution in [2.24, 2.45) is 28.1 Å². The Labute approximate surface area is 145 Å². The maximum Gasteiger partial charge on any atom is 0.311 e. The van der Waals surface area contributed by atoms with Crippen molar-refractivity contribution in [1.29, 1.82) is 0 Å². The third-order valence-corrected chi connectivity index (χ3v) is 7.57. The molecule has 2 fully saturated rings. The number of rotatable bonds is 2. The van der Waals surface area contributed by atoms with Crippen LogP contribution in [-0.4, -0.2) is 13.1 Å². The molecule has 24 heavy (non-hydrogen) atoms. The number of methoxy groups -OCH3 is 1. The zero-order valence-corrected chi connectivity index (χ0v) is 15.5. The third kappa shape index (κ3) is 2.55. The molecule has 3 heteroatoms. The first kappa shape index (κ1) is 17.7. The highest BCUT2D eigenvalue weighted by Gasteiger charge is 2.58. The monoisotopic (exact) mass is 334 g/mol. The summed E-state index contributed by atoms with van der Waals surface area (Å²) < 4.78 is 17.9. The number of fused-ring (bicyclic) bond motifs is 3. The van der Waals surface area contributed by atoms with Crippen LogP contribution in [0.15, 0.2) is 24.1 Å². The number of ether oxygens (including phenoxy) is 1. The van der Waals surface area contributed by atoms with Crippen LogP contribution < -0.4 is 0 Å². The lowest BCUT2D eigenvalue weighted by atomic mass is 9.45. The van der Waals surface area contributed by atoms with Crippen molar-refractivity contribution in [1.82, 2.24) is 0 Å². The summed E-state index contributed by atoms with van der Waals surface area (Å²) in [6.07, 6.45) is 12.0. The molecule has 0 aromatic carbocycles. The van der Waals surface area contributed by atoms with Gasteiger partial charge in [-0.1, -0.05) is 31.9 Å². The summed E-state index contributed by atoms with van der Waals surface area (Å²) in [4.78, 5) is 12.5. The van der Waals surface area contributed by atoms with Gasteiger partial charge >= 0.3 is 5.97 Å². The Balaban J connectivity index is 1.94.